The maximum Gasteiger partial charge on any atom is 0.0646 e. The highest BCUT2D eigenvalue weighted by molar-refractivity contribution is 9.10. The molecule has 0 radical (unpaired) electrons. The SMILES string of the molecule is Cc1ccn(-c2ccc(Br)cc2)n1. The zero-order chi connectivity index (χ0) is 9.26. The molecule has 2 aromatic rings. The molecule has 13 heavy (non-hydrogen) atoms. The van der Waals surface area contributed by atoms with Crippen LogP contribution < -0.4 is 0 Å². The van der Waals surface area contributed by atoms with Crippen LogP contribution in [0.15, 0.2) is 41.0 Å². The fourth-order valence-electron chi connectivity index (χ4n) is 1.15. The van der Waals surface area contributed by atoms with Crippen molar-refractivity contribution in [2.45, 2.75) is 6.92 Å². The Balaban J connectivity index is 2.41. The summed E-state index contributed by atoms with van der Waals surface area (Å²) in [5.74, 6) is 0. The molecular formula is C10H9BrN2. The number of aromatic nitrogens is 2. The number of aryl methyl sites for hydroxylation is 1. The molecule has 1 heterocycles. The van der Waals surface area contributed by atoms with Crippen molar-refractivity contribution in [1.82, 2.24) is 9.78 Å². The molecule has 2 rings (SSSR count). The van der Waals surface area contributed by atoms with Crippen LogP contribution in [-0.2, 0) is 0 Å². The molecule has 0 fully saturated rings. The van der Waals surface area contributed by atoms with Crippen molar-refractivity contribution in [3.8, 4) is 5.69 Å². The first-order valence-corrected chi connectivity index (χ1v) is 4.83. The van der Waals surface area contributed by atoms with Gasteiger partial charge in [-0.05, 0) is 37.3 Å². The van der Waals surface area contributed by atoms with E-state index < -0.39 is 0 Å². The van der Waals surface area contributed by atoms with E-state index in [0.29, 0.717) is 0 Å². The van der Waals surface area contributed by atoms with Gasteiger partial charge in [-0.15, -0.1) is 0 Å². The van der Waals surface area contributed by atoms with Crippen LogP contribution >= 0.6 is 15.9 Å². The molecule has 2 nitrogen and oxygen atoms in total. The molecule has 1 aromatic carbocycles. The number of nitrogens with zero attached hydrogens (tertiary/aromatic N) is 2. The van der Waals surface area contributed by atoms with Crippen LogP contribution in [-0.4, -0.2) is 9.78 Å². The van der Waals surface area contributed by atoms with Crippen LogP contribution in [0.1, 0.15) is 5.69 Å². The van der Waals surface area contributed by atoms with Crippen LogP contribution in [0.3, 0.4) is 0 Å². The summed E-state index contributed by atoms with van der Waals surface area (Å²) in [5.41, 5.74) is 2.11. The summed E-state index contributed by atoms with van der Waals surface area (Å²) in [5, 5.41) is 4.31. The second-order valence-electron chi connectivity index (χ2n) is 2.88. The molecule has 0 aliphatic rings. The molecule has 0 saturated carbocycles. The zero-order valence-electron chi connectivity index (χ0n) is 7.24. The molecule has 0 unspecified atom stereocenters. The predicted octanol–water partition coefficient (Wildman–Crippen LogP) is 2.94. The smallest absolute Gasteiger partial charge is 0.0646 e. The lowest BCUT2D eigenvalue weighted by Gasteiger charge is -2.00. The quantitative estimate of drug-likeness (QED) is 0.745. The fraction of sp³-hybridized carbons (Fsp3) is 0.100. The molecule has 0 N–H and O–H groups in total. The summed E-state index contributed by atoms with van der Waals surface area (Å²) < 4.78 is 2.95. The van der Waals surface area contributed by atoms with Gasteiger partial charge in [0.15, 0.2) is 0 Å². The van der Waals surface area contributed by atoms with Gasteiger partial charge in [-0.25, -0.2) is 4.68 Å². The summed E-state index contributed by atoms with van der Waals surface area (Å²) in [6, 6.07) is 10.0. The van der Waals surface area contributed by atoms with Crippen molar-refractivity contribution in [1.29, 1.82) is 0 Å². The van der Waals surface area contributed by atoms with E-state index in [9.17, 15) is 0 Å². The Labute approximate surface area is 85.3 Å². The maximum absolute atomic E-state index is 4.31. The van der Waals surface area contributed by atoms with Crippen molar-refractivity contribution < 1.29 is 0 Å². The second kappa shape index (κ2) is 3.34. The van der Waals surface area contributed by atoms with Gasteiger partial charge in [-0.1, -0.05) is 15.9 Å². The van der Waals surface area contributed by atoms with Crippen molar-refractivity contribution in [3.63, 3.8) is 0 Å². The average molecular weight is 237 g/mol. The van der Waals surface area contributed by atoms with Crippen LogP contribution in [0.25, 0.3) is 5.69 Å². The van der Waals surface area contributed by atoms with E-state index in [0.717, 1.165) is 15.9 Å². The summed E-state index contributed by atoms with van der Waals surface area (Å²) in [6.45, 7) is 1.98. The topological polar surface area (TPSA) is 17.8 Å². The van der Waals surface area contributed by atoms with Gasteiger partial charge < -0.3 is 0 Å². The normalized spacial score (nSPS) is 10.3. The molecule has 0 amide bonds. The molecule has 0 atom stereocenters. The fourth-order valence-corrected chi connectivity index (χ4v) is 1.42. The predicted molar refractivity (Wildman–Crippen MR) is 56.0 cm³/mol. The average Bonchev–Trinajstić information content (AvgIpc) is 2.53. The minimum absolute atomic E-state index is 1.03. The maximum atomic E-state index is 4.31. The lowest BCUT2D eigenvalue weighted by atomic mass is 10.3. The molecule has 3 heteroatoms. The van der Waals surface area contributed by atoms with Crippen LogP contribution in [0.5, 0.6) is 0 Å². The van der Waals surface area contributed by atoms with Gasteiger partial charge in [-0.3, -0.25) is 0 Å². The summed E-state index contributed by atoms with van der Waals surface area (Å²) in [6.07, 6.45) is 1.96. The van der Waals surface area contributed by atoms with Crippen LogP contribution in [0.2, 0.25) is 0 Å². The van der Waals surface area contributed by atoms with Gasteiger partial charge in [0.1, 0.15) is 0 Å². The van der Waals surface area contributed by atoms with E-state index in [1.54, 1.807) is 0 Å². The second-order valence-corrected chi connectivity index (χ2v) is 3.79. The van der Waals surface area contributed by atoms with Crippen molar-refractivity contribution in [3.05, 3.63) is 46.7 Å². The van der Waals surface area contributed by atoms with Gasteiger partial charge in [0, 0.05) is 10.7 Å². The van der Waals surface area contributed by atoms with Gasteiger partial charge in [0.2, 0.25) is 0 Å². The molecule has 0 bridgehead atoms. The molecule has 0 aliphatic carbocycles. The minimum Gasteiger partial charge on any atom is -0.241 e. The van der Waals surface area contributed by atoms with Crippen LogP contribution in [0, 0.1) is 6.92 Å². The number of hydrogen-bond donors (Lipinski definition) is 0. The summed E-state index contributed by atoms with van der Waals surface area (Å²) >= 11 is 3.39. The Kier molecular flexibility index (Phi) is 2.19. The number of benzene rings is 1. The molecule has 0 saturated heterocycles. The third kappa shape index (κ3) is 1.80. The highest BCUT2D eigenvalue weighted by Crippen LogP contribution is 2.13. The van der Waals surface area contributed by atoms with Crippen molar-refractivity contribution in [2.24, 2.45) is 0 Å². The van der Waals surface area contributed by atoms with E-state index in [1.165, 1.54) is 0 Å². The van der Waals surface area contributed by atoms with E-state index in [-0.39, 0.29) is 0 Å². The summed E-state index contributed by atoms with van der Waals surface area (Å²) in [4.78, 5) is 0. The Morgan fingerprint density at radius 3 is 2.38 bits per heavy atom. The molecule has 1 aromatic heterocycles. The van der Waals surface area contributed by atoms with Gasteiger partial charge in [0.05, 0.1) is 11.4 Å². The van der Waals surface area contributed by atoms with E-state index in [4.69, 9.17) is 0 Å². The lowest BCUT2D eigenvalue weighted by molar-refractivity contribution is 0.862. The van der Waals surface area contributed by atoms with Crippen LogP contribution in [0.4, 0.5) is 0 Å². The molecule has 66 valence electrons. The highest BCUT2D eigenvalue weighted by Gasteiger charge is 1.96. The summed E-state index contributed by atoms with van der Waals surface area (Å²) in [7, 11) is 0. The largest absolute Gasteiger partial charge is 0.241 e. The number of rotatable bonds is 1. The van der Waals surface area contributed by atoms with E-state index in [2.05, 4.69) is 21.0 Å². The highest BCUT2D eigenvalue weighted by atomic mass is 79.9. The van der Waals surface area contributed by atoms with Gasteiger partial charge in [-0.2, -0.15) is 5.10 Å². The van der Waals surface area contributed by atoms with E-state index in [1.807, 2.05) is 48.1 Å². The lowest BCUT2D eigenvalue weighted by Crippen LogP contribution is -1.93. The third-order valence-corrected chi connectivity index (χ3v) is 2.34. The Morgan fingerprint density at radius 2 is 1.85 bits per heavy atom. The minimum atomic E-state index is 1.03. The first-order chi connectivity index (χ1) is 6.25. The Hall–Kier alpha value is -1.09. The van der Waals surface area contributed by atoms with Gasteiger partial charge in [0.25, 0.3) is 0 Å². The van der Waals surface area contributed by atoms with Crippen molar-refractivity contribution in [2.75, 3.05) is 0 Å². The molecule has 0 aliphatic heterocycles. The first kappa shape index (κ1) is 8.51. The zero-order valence-corrected chi connectivity index (χ0v) is 8.82. The molecule has 0 spiro atoms. The van der Waals surface area contributed by atoms with Crippen molar-refractivity contribution >= 4 is 15.9 Å². The first-order valence-electron chi connectivity index (χ1n) is 4.04. The van der Waals surface area contributed by atoms with Gasteiger partial charge >= 0.3 is 0 Å². The third-order valence-electron chi connectivity index (χ3n) is 1.81. The standard InChI is InChI=1S/C10H9BrN2/c1-8-6-7-13(12-8)10-4-2-9(11)3-5-10/h2-7H,1H3. The monoisotopic (exact) mass is 236 g/mol. The number of hydrogen-bond acceptors (Lipinski definition) is 1. The Bertz CT molecular complexity index is 403. The van der Waals surface area contributed by atoms with E-state index >= 15 is 0 Å². The number of halogens is 1. The Morgan fingerprint density at radius 1 is 1.15 bits per heavy atom. The molecular weight excluding hydrogens is 228 g/mol.